The van der Waals surface area contributed by atoms with Crippen molar-refractivity contribution in [3.8, 4) is 0 Å². The highest BCUT2D eigenvalue weighted by Gasteiger charge is 2.45. The smallest absolute Gasteiger partial charge is 0.230 e. The maximum Gasteiger partial charge on any atom is 0.230 e. The molecule has 0 saturated heterocycles. The first-order chi connectivity index (χ1) is 8.44. The SMILES string of the molecule is CC(C)(N)CNC(=O)C1(c2ccccc2)CCC1. The van der Waals surface area contributed by atoms with Crippen LogP contribution < -0.4 is 11.1 Å². The van der Waals surface area contributed by atoms with Gasteiger partial charge in [-0.1, -0.05) is 36.8 Å². The molecular formula is C15H22N2O. The van der Waals surface area contributed by atoms with Crippen LogP contribution >= 0.6 is 0 Å². The van der Waals surface area contributed by atoms with E-state index in [1.807, 2.05) is 44.2 Å². The largest absolute Gasteiger partial charge is 0.354 e. The number of nitrogens with one attached hydrogen (secondary N) is 1. The molecule has 0 bridgehead atoms. The molecule has 1 saturated carbocycles. The van der Waals surface area contributed by atoms with Gasteiger partial charge >= 0.3 is 0 Å². The summed E-state index contributed by atoms with van der Waals surface area (Å²) >= 11 is 0. The van der Waals surface area contributed by atoms with Crippen LogP contribution in [0.15, 0.2) is 30.3 Å². The van der Waals surface area contributed by atoms with E-state index in [0.29, 0.717) is 6.54 Å². The lowest BCUT2D eigenvalue weighted by Crippen LogP contribution is -2.53. The summed E-state index contributed by atoms with van der Waals surface area (Å²) in [7, 11) is 0. The molecule has 3 heteroatoms. The highest BCUT2D eigenvalue weighted by atomic mass is 16.2. The fourth-order valence-electron chi connectivity index (χ4n) is 2.41. The summed E-state index contributed by atoms with van der Waals surface area (Å²) in [5.41, 5.74) is 6.36. The predicted molar refractivity (Wildman–Crippen MR) is 73.2 cm³/mol. The van der Waals surface area contributed by atoms with Crippen LogP contribution in [0.3, 0.4) is 0 Å². The summed E-state index contributed by atoms with van der Waals surface area (Å²) in [6, 6.07) is 10.1. The monoisotopic (exact) mass is 246 g/mol. The van der Waals surface area contributed by atoms with Gasteiger partial charge in [0.2, 0.25) is 5.91 Å². The van der Waals surface area contributed by atoms with E-state index in [-0.39, 0.29) is 16.9 Å². The number of hydrogen-bond donors (Lipinski definition) is 2. The zero-order valence-electron chi connectivity index (χ0n) is 11.2. The zero-order valence-corrected chi connectivity index (χ0v) is 11.2. The van der Waals surface area contributed by atoms with Crippen LogP contribution in [0.25, 0.3) is 0 Å². The molecule has 0 spiro atoms. The Balaban J connectivity index is 2.11. The third-order valence-corrected chi connectivity index (χ3v) is 3.67. The molecule has 0 aromatic heterocycles. The molecule has 98 valence electrons. The number of rotatable bonds is 4. The second kappa shape index (κ2) is 4.73. The van der Waals surface area contributed by atoms with Gasteiger partial charge in [-0.2, -0.15) is 0 Å². The van der Waals surface area contributed by atoms with Crippen LogP contribution in [0.4, 0.5) is 0 Å². The Labute approximate surface area is 109 Å². The van der Waals surface area contributed by atoms with Gasteiger partial charge in [0.25, 0.3) is 0 Å². The number of benzene rings is 1. The van der Waals surface area contributed by atoms with Crippen LogP contribution in [0.1, 0.15) is 38.7 Å². The molecule has 0 aliphatic heterocycles. The first-order valence-corrected chi connectivity index (χ1v) is 6.57. The van der Waals surface area contributed by atoms with E-state index in [2.05, 4.69) is 5.32 Å². The summed E-state index contributed by atoms with van der Waals surface area (Å²) in [6.07, 6.45) is 3.00. The van der Waals surface area contributed by atoms with Gasteiger partial charge in [-0.3, -0.25) is 4.79 Å². The van der Waals surface area contributed by atoms with Crippen LogP contribution in [0, 0.1) is 0 Å². The Morgan fingerprint density at radius 1 is 1.33 bits per heavy atom. The molecule has 0 atom stereocenters. The fourth-order valence-corrected chi connectivity index (χ4v) is 2.41. The molecule has 1 aromatic carbocycles. The molecule has 1 fully saturated rings. The minimum atomic E-state index is -0.364. The van der Waals surface area contributed by atoms with Gasteiger partial charge in [-0.25, -0.2) is 0 Å². The Kier molecular flexibility index (Phi) is 3.44. The highest BCUT2D eigenvalue weighted by Crippen LogP contribution is 2.43. The van der Waals surface area contributed by atoms with Crippen molar-refractivity contribution in [1.82, 2.24) is 5.32 Å². The molecule has 1 aliphatic carbocycles. The molecule has 3 nitrogen and oxygen atoms in total. The van der Waals surface area contributed by atoms with Crippen LogP contribution in [0.5, 0.6) is 0 Å². The second-order valence-electron chi connectivity index (χ2n) is 5.97. The Hall–Kier alpha value is -1.35. The topological polar surface area (TPSA) is 55.1 Å². The minimum Gasteiger partial charge on any atom is -0.354 e. The summed E-state index contributed by atoms with van der Waals surface area (Å²) in [4.78, 5) is 12.4. The summed E-state index contributed by atoms with van der Waals surface area (Å²) in [5.74, 6) is 0.124. The number of carbonyl (C=O) groups is 1. The molecule has 1 aliphatic rings. The van der Waals surface area contributed by atoms with Crippen molar-refractivity contribution < 1.29 is 4.79 Å². The molecule has 0 unspecified atom stereocenters. The minimum absolute atomic E-state index is 0.124. The molecule has 1 aromatic rings. The quantitative estimate of drug-likeness (QED) is 0.853. The van der Waals surface area contributed by atoms with E-state index >= 15 is 0 Å². The van der Waals surface area contributed by atoms with E-state index in [9.17, 15) is 4.79 Å². The average Bonchev–Trinajstić information content (AvgIpc) is 2.25. The lowest BCUT2D eigenvalue weighted by atomic mass is 9.64. The van der Waals surface area contributed by atoms with Crippen LogP contribution in [-0.4, -0.2) is 18.0 Å². The average molecular weight is 246 g/mol. The number of carbonyl (C=O) groups excluding carboxylic acids is 1. The second-order valence-corrected chi connectivity index (χ2v) is 5.97. The van der Waals surface area contributed by atoms with Crippen LogP contribution in [-0.2, 0) is 10.2 Å². The van der Waals surface area contributed by atoms with Gasteiger partial charge in [0.1, 0.15) is 0 Å². The molecule has 0 radical (unpaired) electrons. The van der Waals surface area contributed by atoms with Gasteiger partial charge in [0, 0.05) is 12.1 Å². The maximum atomic E-state index is 12.4. The third-order valence-electron chi connectivity index (χ3n) is 3.67. The zero-order chi connectivity index (χ0) is 13.2. The molecule has 3 N–H and O–H groups in total. The van der Waals surface area contributed by atoms with E-state index < -0.39 is 0 Å². The molecule has 18 heavy (non-hydrogen) atoms. The highest BCUT2D eigenvalue weighted by molar-refractivity contribution is 5.89. The summed E-state index contributed by atoms with van der Waals surface area (Å²) in [6.45, 7) is 4.35. The number of nitrogens with two attached hydrogens (primary N) is 1. The molecular weight excluding hydrogens is 224 g/mol. The van der Waals surface area contributed by atoms with Crippen molar-refractivity contribution in [2.75, 3.05) is 6.54 Å². The van der Waals surface area contributed by atoms with Crippen molar-refractivity contribution >= 4 is 5.91 Å². The standard InChI is InChI=1S/C15H22N2O/c1-14(2,16)11-17-13(18)15(9-6-10-15)12-7-4-3-5-8-12/h3-5,7-8H,6,9-11,16H2,1-2H3,(H,17,18). The first kappa shape index (κ1) is 13.1. The van der Waals surface area contributed by atoms with Gasteiger partial charge in [0.15, 0.2) is 0 Å². The first-order valence-electron chi connectivity index (χ1n) is 6.57. The molecule has 0 heterocycles. The van der Waals surface area contributed by atoms with E-state index in [4.69, 9.17) is 5.73 Å². The lowest BCUT2D eigenvalue weighted by molar-refractivity contribution is -0.130. The maximum absolute atomic E-state index is 12.4. The Bertz CT molecular complexity index is 416. The fraction of sp³-hybridized carbons (Fsp3) is 0.533. The van der Waals surface area contributed by atoms with Crippen molar-refractivity contribution in [3.05, 3.63) is 35.9 Å². The number of amides is 1. The van der Waals surface area contributed by atoms with Crippen molar-refractivity contribution in [2.24, 2.45) is 5.73 Å². The van der Waals surface area contributed by atoms with Gasteiger partial charge < -0.3 is 11.1 Å². The molecule has 1 amide bonds. The lowest BCUT2D eigenvalue weighted by Gasteiger charge is -2.41. The van der Waals surface area contributed by atoms with Gasteiger partial charge in [0.05, 0.1) is 5.41 Å². The van der Waals surface area contributed by atoms with Crippen molar-refractivity contribution in [3.63, 3.8) is 0 Å². The van der Waals surface area contributed by atoms with Gasteiger partial charge in [-0.05, 0) is 32.3 Å². The van der Waals surface area contributed by atoms with Crippen molar-refractivity contribution in [1.29, 1.82) is 0 Å². The van der Waals surface area contributed by atoms with Crippen molar-refractivity contribution in [2.45, 2.75) is 44.1 Å². The van der Waals surface area contributed by atoms with E-state index in [1.54, 1.807) is 0 Å². The van der Waals surface area contributed by atoms with Gasteiger partial charge in [-0.15, -0.1) is 0 Å². The normalized spacial score (nSPS) is 17.9. The summed E-state index contributed by atoms with van der Waals surface area (Å²) in [5, 5.41) is 3.00. The summed E-state index contributed by atoms with van der Waals surface area (Å²) < 4.78 is 0. The van der Waals surface area contributed by atoms with Crippen LogP contribution in [0.2, 0.25) is 0 Å². The third kappa shape index (κ3) is 2.56. The Morgan fingerprint density at radius 2 is 1.94 bits per heavy atom. The Morgan fingerprint density at radius 3 is 2.39 bits per heavy atom. The number of hydrogen-bond acceptors (Lipinski definition) is 2. The van der Waals surface area contributed by atoms with E-state index in [0.717, 1.165) is 24.8 Å². The van der Waals surface area contributed by atoms with E-state index in [1.165, 1.54) is 0 Å². The predicted octanol–water partition coefficient (Wildman–Crippen LogP) is 1.96. The molecule has 2 rings (SSSR count).